The average Bonchev–Trinajstić information content (AvgIpc) is 2.25. The monoisotopic (exact) mass is 263 g/mol. The molecule has 0 spiro atoms. The first-order valence-corrected chi connectivity index (χ1v) is 5.87. The van der Waals surface area contributed by atoms with Gasteiger partial charge in [0.1, 0.15) is 5.75 Å². The van der Waals surface area contributed by atoms with Crippen molar-refractivity contribution >= 4 is 23.2 Å². The summed E-state index contributed by atoms with van der Waals surface area (Å²) in [4.78, 5) is 1.77. The molecule has 0 heterocycles. The molecule has 0 aliphatic rings. The molecular weight excluding hydrogens is 249 g/mol. The lowest BCUT2D eigenvalue weighted by atomic mass is 10.3. The molecule has 1 aromatic carbocycles. The molecule has 0 saturated heterocycles. The summed E-state index contributed by atoms with van der Waals surface area (Å²) in [7, 11) is 0. The van der Waals surface area contributed by atoms with Gasteiger partial charge in [0.15, 0.2) is 0 Å². The van der Waals surface area contributed by atoms with Crippen molar-refractivity contribution in [1.29, 1.82) is 0 Å². The third-order valence-corrected chi connectivity index (χ3v) is 3.00. The van der Waals surface area contributed by atoms with Crippen LogP contribution >= 0.6 is 23.2 Å². The zero-order valence-corrected chi connectivity index (χ0v) is 10.8. The number of benzene rings is 1. The highest BCUT2D eigenvalue weighted by atomic mass is 35.5. The molecule has 0 radical (unpaired) electrons. The van der Waals surface area contributed by atoms with Crippen LogP contribution in [0.5, 0.6) is 5.75 Å². The van der Waals surface area contributed by atoms with E-state index in [0.717, 1.165) is 0 Å². The van der Waals surface area contributed by atoms with Crippen LogP contribution in [0.2, 0.25) is 10.0 Å². The highest BCUT2D eigenvalue weighted by Gasteiger charge is 2.13. The lowest BCUT2D eigenvalue weighted by Crippen LogP contribution is -2.39. The van der Waals surface area contributed by atoms with Gasteiger partial charge in [0.05, 0.1) is 10.0 Å². The summed E-state index contributed by atoms with van der Waals surface area (Å²) in [5.41, 5.74) is 0. The van der Waals surface area contributed by atoms with E-state index in [9.17, 15) is 5.11 Å². The molecule has 90 valence electrons. The van der Waals surface area contributed by atoms with E-state index in [1.165, 1.54) is 0 Å². The molecule has 1 N–H and O–H groups in total. The summed E-state index contributed by atoms with van der Waals surface area (Å²) in [6.07, 6.45) is -0.966. The largest absolute Gasteiger partial charge is 0.451 e. The Hall–Kier alpha value is -0.480. The Labute approximate surface area is 106 Å². The molecule has 1 aromatic rings. The number of hydrogen-bond donors (Lipinski definition) is 1. The highest BCUT2D eigenvalue weighted by molar-refractivity contribution is 6.42. The molecule has 1 atom stereocenters. The van der Waals surface area contributed by atoms with Crippen LogP contribution in [0.1, 0.15) is 13.8 Å². The number of aliphatic hydroxyl groups is 1. The van der Waals surface area contributed by atoms with Crippen LogP contribution in [-0.2, 0) is 0 Å². The van der Waals surface area contributed by atoms with Crippen molar-refractivity contribution in [2.24, 2.45) is 0 Å². The van der Waals surface area contributed by atoms with Crippen LogP contribution in [0.25, 0.3) is 0 Å². The first-order chi connectivity index (χ1) is 7.58. The molecule has 0 fully saturated rings. The maximum Gasteiger partial charge on any atom is 0.259 e. The van der Waals surface area contributed by atoms with Crippen molar-refractivity contribution in [3.05, 3.63) is 28.2 Å². The maximum atomic E-state index is 9.75. The van der Waals surface area contributed by atoms with Crippen molar-refractivity contribution in [1.82, 2.24) is 4.90 Å². The summed E-state index contributed by atoms with van der Waals surface area (Å²) in [6.45, 7) is 5.31. The molecule has 0 saturated carbocycles. The van der Waals surface area contributed by atoms with Crippen LogP contribution in [0.4, 0.5) is 0 Å². The van der Waals surface area contributed by atoms with Gasteiger partial charge in [-0.25, -0.2) is 4.90 Å². The summed E-state index contributed by atoms with van der Waals surface area (Å²) >= 11 is 11.6. The van der Waals surface area contributed by atoms with E-state index in [4.69, 9.17) is 27.9 Å². The van der Waals surface area contributed by atoms with E-state index < -0.39 is 6.41 Å². The molecular formula is C11H15Cl2NO2. The van der Waals surface area contributed by atoms with Crippen LogP contribution in [-0.4, -0.2) is 29.5 Å². The molecule has 16 heavy (non-hydrogen) atoms. The van der Waals surface area contributed by atoms with Crippen molar-refractivity contribution in [3.63, 3.8) is 0 Å². The second-order valence-corrected chi connectivity index (χ2v) is 4.06. The normalized spacial score (nSPS) is 12.9. The van der Waals surface area contributed by atoms with Crippen molar-refractivity contribution in [3.8, 4) is 5.75 Å². The maximum absolute atomic E-state index is 9.75. The Bertz CT molecular complexity index is 343. The molecule has 0 aliphatic heterocycles. The van der Waals surface area contributed by atoms with Gasteiger partial charge in [0.2, 0.25) is 0 Å². The van der Waals surface area contributed by atoms with Crippen LogP contribution in [0.15, 0.2) is 18.2 Å². The molecule has 0 amide bonds. The van der Waals surface area contributed by atoms with Gasteiger partial charge in [-0.1, -0.05) is 37.0 Å². The van der Waals surface area contributed by atoms with Gasteiger partial charge < -0.3 is 9.84 Å². The van der Waals surface area contributed by atoms with Gasteiger partial charge >= 0.3 is 0 Å². The number of nitrogens with zero attached hydrogens (tertiary/aromatic N) is 1. The van der Waals surface area contributed by atoms with E-state index in [0.29, 0.717) is 28.9 Å². The fourth-order valence-corrected chi connectivity index (χ4v) is 1.57. The van der Waals surface area contributed by atoms with Gasteiger partial charge in [-0.15, -0.1) is 0 Å². The molecule has 0 aromatic heterocycles. The van der Waals surface area contributed by atoms with Crippen LogP contribution in [0, 0.1) is 0 Å². The second-order valence-electron chi connectivity index (χ2n) is 3.24. The second kappa shape index (κ2) is 6.30. The molecule has 0 bridgehead atoms. The van der Waals surface area contributed by atoms with Gasteiger partial charge in [-0.2, -0.15) is 0 Å². The smallest absolute Gasteiger partial charge is 0.259 e. The van der Waals surface area contributed by atoms with Crippen molar-refractivity contribution in [2.45, 2.75) is 20.3 Å². The Morgan fingerprint density at radius 3 is 2.38 bits per heavy atom. The number of halogens is 2. The third kappa shape index (κ3) is 3.52. The van der Waals surface area contributed by atoms with Crippen molar-refractivity contribution < 1.29 is 9.84 Å². The third-order valence-electron chi connectivity index (χ3n) is 2.26. The van der Waals surface area contributed by atoms with E-state index in [1.54, 1.807) is 23.1 Å². The highest BCUT2D eigenvalue weighted by Crippen LogP contribution is 2.26. The first kappa shape index (κ1) is 13.6. The predicted molar refractivity (Wildman–Crippen MR) is 66.0 cm³/mol. The summed E-state index contributed by atoms with van der Waals surface area (Å²) in [5, 5.41) is 10.6. The quantitative estimate of drug-likeness (QED) is 0.830. The average molecular weight is 264 g/mol. The number of hydrogen-bond acceptors (Lipinski definition) is 3. The van der Waals surface area contributed by atoms with Gasteiger partial charge in [0.25, 0.3) is 6.41 Å². The fourth-order valence-electron chi connectivity index (χ4n) is 1.28. The van der Waals surface area contributed by atoms with E-state index in [2.05, 4.69) is 0 Å². The minimum atomic E-state index is -0.966. The minimum Gasteiger partial charge on any atom is -0.451 e. The predicted octanol–water partition coefficient (Wildman–Crippen LogP) is 2.99. The van der Waals surface area contributed by atoms with Gasteiger partial charge in [-0.3, -0.25) is 0 Å². The summed E-state index contributed by atoms with van der Waals surface area (Å²) in [6, 6.07) is 4.88. The lowest BCUT2D eigenvalue weighted by Gasteiger charge is -2.25. The number of aliphatic hydroxyl groups excluding tert-OH is 1. The van der Waals surface area contributed by atoms with Crippen molar-refractivity contribution in [2.75, 3.05) is 13.1 Å². The van der Waals surface area contributed by atoms with E-state index in [1.807, 2.05) is 13.8 Å². The molecule has 1 rings (SSSR count). The Morgan fingerprint density at radius 1 is 1.25 bits per heavy atom. The SMILES string of the molecule is CCN(CC)C(O)Oc1ccc(Cl)c(Cl)c1. The summed E-state index contributed by atoms with van der Waals surface area (Å²) < 4.78 is 5.33. The standard InChI is InChI=1S/C11H15Cl2NO2/c1-3-14(4-2)11(15)16-8-5-6-9(12)10(13)7-8/h5-7,11,15H,3-4H2,1-2H3. The zero-order chi connectivity index (χ0) is 12.1. The lowest BCUT2D eigenvalue weighted by molar-refractivity contribution is -0.131. The van der Waals surface area contributed by atoms with Gasteiger partial charge in [0, 0.05) is 19.2 Å². The molecule has 3 nitrogen and oxygen atoms in total. The number of ether oxygens (including phenoxy) is 1. The van der Waals surface area contributed by atoms with Gasteiger partial charge in [-0.05, 0) is 12.1 Å². The van der Waals surface area contributed by atoms with E-state index in [-0.39, 0.29) is 0 Å². The minimum absolute atomic E-state index is 0.408. The number of rotatable bonds is 5. The Balaban J connectivity index is 2.69. The molecule has 1 unspecified atom stereocenters. The van der Waals surface area contributed by atoms with E-state index >= 15 is 0 Å². The first-order valence-electron chi connectivity index (χ1n) is 5.12. The summed E-state index contributed by atoms with van der Waals surface area (Å²) in [5.74, 6) is 0.494. The van der Waals surface area contributed by atoms with Crippen LogP contribution < -0.4 is 4.74 Å². The Kier molecular flexibility index (Phi) is 5.35. The van der Waals surface area contributed by atoms with Crippen LogP contribution in [0.3, 0.4) is 0 Å². The molecule has 0 aliphatic carbocycles. The molecule has 5 heteroatoms. The Morgan fingerprint density at radius 2 is 1.88 bits per heavy atom. The fraction of sp³-hybridized carbons (Fsp3) is 0.455. The zero-order valence-electron chi connectivity index (χ0n) is 9.28. The topological polar surface area (TPSA) is 32.7 Å².